The summed E-state index contributed by atoms with van der Waals surface area (Å²) in [6.45, 7) is 0.905. The van der Waals surface area contributed by atoms with E-state index in [0.717, 1.165) is 6.42 Å². The zero-order chi connectivity index (χ0) is 15.4. The zero-order valence-electron chi connectivity index (χ0n) is 11.8. The summed E-state index contributed by atoms with van der Waals surface area (Å²) in [5.41, 5.74) is -0.287. The first kappa shape index (κ1) is 14.9. The van der Waals surface area contributed by atoms with E-state index in [1.54, 1.807) is 4.90 Å². The molecule has 0 saturated carbocycles. The van der Waals surface area contributed by atoms with Crippen molar-refractivity contribution >= 4 is 17.5 Å². The van der Waals surface area contributed by atoms with Crippen molar-refractivity contribution in [2.24, 2.45) is 5.92 Å². The maximum Gasteiger partial charge on any atom is 0.372 e. The number of esters is 1. The van der Waals surface area contributed by atoms with E-state index in [0.29, 0.717) is 19.5 Å². The van der Waals surface area contributed by atoms with Crippen LogP contribution in [0.4, 0.5) is 11.5 Å². The quantitative estimate of drug-likeness (QED) is 0.455. The van der Waals surface area contributed by atoms with Gasteiger partial charge in [-0.05, 0) is 12.8 Å². The molecule has 1 saturated heterocycles. The Morgan fingerprint density at radius 3 is 2.86 bits per heavy atom. The Balaban J connectivity index is 2.33. The third-order valence-electron chi connectivity index (χ3n) is 3.40. The number of piperidine rings is 1. The van der Waals surface area contributed by atoms with Crippen molar-refractivity contribution in [2.75, 3.05) is 32.2 Å². The Kier molecular flexibility index (Phi) is 4.51. The van der Waals surface area contributed by atoms with E-state index < -0.39 is 4.92 Å². The fourth-order valence-corrected chi connectivity index (χ4v) is 2.42. The van der Waals surface area contributed by atoms with Crippen LogP contribution in [-0.2, 0) is 9.53 Å². The van der Waals surface area contributed by atoms with Crippen LogP contribution < -0.4 is 9.64 Å². The average molecular weight is 296 g/mol. The predicted molar refractivity (Wildman–Crippen MR) is 72.2 cm³/mol. The van der Waals surface area contributed by atoms with Crippen molar-refractivity contribution in [3.05, 3.63) is 16.4 Å². The van der Waals surface area contributed by atoms with E-state index in [2.05, 4.69) is 9.97 Å². The SMILES string of the molecule is COC(=O)C1CCCN(c2ncnc(OC)c2[N+](=O)[O-])C1. The lowest BCUT2D eigenvalue weighted by Crippen LogP contribution is -2.40. The highest BCUT2D eigenvalue weighted by Crippen LogP contribution is 2.35. The molecule has 1 aliphatic rings. The Morgan fingerprint density at radius 1 is 1.48 bits per heavy atom. The Morgan fingerprint density at radius 2 is 2.24 bits per heavy atom. The molecule has 9 nitrogen and oxygen atoms in total. The highest BCUT2D eigenvalue weighted by Gasteiger charge is 2.33. The molecule has 0 amide bonds. The number of carbonyl (C=O) groups excluding carboxylic acids is 1. The minimum atomic E-state index is -0.573. The maximum atomic E-state index is 11.6. The summed E-state index contributed by atoms with van der Waals surface area (Å²) in [6, 6.07) is 0. The topological polar surface area (TPSA) is 108 Å². The summed E-state index contributed by atoms with van der Waals surface area (Å²) < 4.78 is 9.66. The molecule has 9 heteroatoms. The van der Waals surface area contributed by atoms with Gasteiger partial charge in [-0.15, -0.1) is 0 Å². The lowest BCUT2D eigenvalue weighted by atomic mass is 9.98. The molecule has 0 aromatic carbocycles. The molecule has 114 valence electrons. The molecule has 0 radical (unpaired) electrons. The summed E-state index contributed by atoms with van der Waals surface area (Å²) in [5, 5.41) is 11.2. The molecule has 1 aromatic rings. The molecule has 21 heavy (non-hydrogen) atoms. The smallest absolute Gasteiger partial charge is 0.372 e. The van der Waals surface area contributed by atoms with E-state index in [1.165, 1.54) is 20.5 Å². The number of nitrogens with zero attached hydrogens (tertiary/aromatic N) is 4. The van der Waals surface area contributed by atoms with Crippen molar-refractivity contribution in [1.29, 1.82) is 0 Å². The van der Waals surface area contributed by atoms with Crippen LogP contribution in [0.3, 0.4) is 0 Å². The molecule has 1 aromatic heterocycles. The Bertz CT molecular complexity index is 550. The van der Waals surface area contributed by atoms with Gasteiger partial charge in [0.2, 0.25) is 5.82 Å². The van der Waals surface area contributed by atoms with E-state index >= 15 is 0 Å². The average Bonchev–Trinajstić information content (AvgIpc) is 2.53. The van der Waals surface area contributed by atoms with Gasteiger partial charge >= 0.3 is 11.7 Å². The second-order valence-electron chi connectivity index (χ2n) is 4.62. The number of methoxy groups -OCH3 is 2. The van der Waals surface area contributed by atoms with Crippen molar-refractivity contribution in [1.82, 2.24) is 9.97 Å². The fourth-order valence-electron chi connectivity index (χ4n) is 2.42. The molecule has 2 heterocycles. The maximum absolute atomic E-state index is 11.6. The summed E-state index contributed by atoms with van der Waals surface area (Å²) in [6.07, 6.45) is 2.63. The second-order valence-corrected chi connectivity index (χ2v) is 4.62. The molecule has 0 bridgehead atoms. The molecule has 0 N–H and O–H groups in total. The van der Waals surface area contributed by atoms with Gasteiger partial charge in [-0.1, -0.05) is 0 Å². The standard InChI is InChI=1S/C12H16N4O5/c1-20-11-9(16(18)19)10(13-7-14-11)15-5-3-4-8(6-15)12(17)21-2/h7-8H,3-6H2,1-2H3. The van der Waals surface area contributed by atoms with E-state index in [-0.39, 0.29) is 29.3 Å². The molecule has 0 aliphatic carbocycles. The molecule has 2 rings (SSSR count). The summed E-state index contributed by atoms with van der Waals surface area (Å²) in [5.74, 6) is -0.557. The zero-order valence-corrected chi connectivity index (χ0v) is 11.8. The van der Waals surface area contributed by atoms with Crippen LogP contribution >= 0.6 is 0 Å². The lowest BCUT2D eigenvalue weighted by molar-refractivity contribution is -0.385. The van der Waals surface area contributed by atoms with Crippen molar-refractivity contribution < 1.29 is 19.2 Å². The van der Waals surface area contributed by atoms with Gasteiger partial charge in [0.1, 0.15) is 6.33 Å². The molecule has 1 aliphatic heterocycles. The number of carbonyl (C=O) groups is 1. The van der Waals surface area contributed by atoms with Gasteiger partial charge < -0.3 is 14.4 Å². The summed E-state index contributed by atoms with van der Waals surface area (Å²) >= 11 is 0. The van der Waals surface area contributed by atoms with Crippen LogP contribution in [0.2, 0.25) is 0 Å². The van der Waals surface area contributed by atoms with Crippen LogP contribution in [0.1, 0.15) is 12.8 Å². The normalized spacial score (nSPS) is 18.2. The third-order valence-corrected chi connectivity index (χ3v) is 3.40. The number of hydrogen-bond acceptors (Lipinski definition) is 8. The van der Waals surface area contributed by atoms with Crippen LogP contribution in [0.5, 0.6) is 5.88 Å². The number of aromatic nitrogens is 2. The van der Waals surface area contributed by atoms with E-state index in [1.807, 2.05) is 0 Å². The van der Waals surface area contributed by atoms with E-state index in [9.17, 15) is 14.9 Å². The van der Waals surface area contributed by atoms with Gasteiger partial charge in [-0.3, -0.25) is 14.9 Å². The first-order valence-corrected chi connectivity index (χ1v) is 6.44. The van der Waals surface area contributed by atoms with Crippen LogP contribution in [0, 0.1) is 16.0 Å². The number of hydrogen-bond donors (Lipinski definition) is 0. The number of nitro groups is 1. The fraction of sp³-hybridized carbons (Fsp3) is 0.583. The predicted octanol–water partition coefficient (Wildman–Crippen LogP) is 0.783. The first-order chi connectivity index (χ1) is 10.1. The Labute approximate surface area is 121 Å². The monoisotopic (exact) mass is 296 g/mol. The molecule has 0 spiro atoms. The van der Waals surface area contributed by atoms with Gasteiger partial charge in [-0.25, -0.2) is 4.98 Å². The largest absolute Gasteiger partial charge is 0.476 e. The van der Waals surface area contributed by atoms with Crippen molar-refractivity contribution in [2.45, 2.75) is 12.8 Å². The van der Waals surface area contributed by atoms with E-state index in [4.69, 9.17) is 9.47 Å². The first-order valence-electron chi connectivity index (χ1n) is 6.44. The van der Waals surface area contributed by atoms with Gasteiger partial charge in [0.05, 0.1) is 25.1 Å². The summed E-state index contributed by atoms with van der Waals surface area (Å²) in [7, 11) is 2.64. The highest BCUT2D eigenvalue weighted by atomic mass is 16.6. The van der Waals surface area contributed by atoms with Crippen LogP contribution in [0.15, 0.2) is 6.33 Å². The van der Waals surface area contributed by atoms with Gasteiger partial charge in [0.25, 0.3) is 5.88 Å². The van der Waals surface area contributed by atoms with Gasteiger partial charge in [-0.2, -0.15) is 4.98 Å². The minimum absolute atomic E-state index is 0.0924. The number of anilines is 1. The second kappa shape index (κ2) is 6.33. The van der Waals surface area contributed by atoms with Crippen LogP contribution in [0.25, 0.3) is 0 Å². The molecular weight excluding hydrogens is 280 g/mol. The number of rotatable bonds is 4. The minimum Gasteiger partial charge on any atom is -0.476 e. The third kappa shape index (κ3) is 3.01. The molecule has 1 fully saturated rings. The lowest BCUT2D eigenvalue weighted by Gasteiger charge is -2.31. The van der Waals surface area contributed by atoms with Gasteiger partial charge in [0.15, 0.2) is 0 Å². The Hall–Kier alpha value is -2.45. The molecule has 1 unspecified atom stereocenters. The van der Waals surface area contributed by atoms with Crippen molar-refractivity contribution in [3.8, 4) is 5.88 Å². The van der Waals surface area contributed by atoms with Crippen molar-refractivity contribution in [3.63, 3.8) is 0 Å². The molecule has 1 atom stereocenters. The summed E-state index contributed by atoms with van der Waals surface area (Å²) in [4.78, 5) is 31.8. The van der Waals surface area contributed by atoms with Crippen LogP contribution in [-0.4, -0.2) is 48.2 Å². The molecular formula is C12H16N4O5. The highest BCUT2D eigenvalue weighted by molar-refractivity contribution is 5.74. The number of ether oxygens (including phenoxy) is 2. The van der Waals surface area contributed by atoms with Gasteiger partial charge in [0, 0.05) is 13.1 Å².